The SMILES string of the molecule is Oc1ccccc1.Oc1ccccc1.[C-]1=CC=CC1.[C-]1=CC=CC1.[Zr+2]. The van der Waals surface area contributed by atoms with Crippen LogP contribution in [-0.2, 0) is 26.2 Å². The number of phenols is 2. The Hall–Kier alpha value is -2.12. The van der Waals surface area contributed by atoms with E-state index in [1.807, 2.05) is 36.4 Å². The van der Waals surface area contributed by atoms with Crippen molar-refractivity contribution in [2.75, 3.05) is 0 Å². The summed E-state index contributed by atoms with van der Waals surface area (Å²) in [6.45, 7) is 0. The van der Waals surface area contributed by atoms with Crippen LogP contribution in [0.2, 0.25) is 0 Å². The van der Waals surface area contributed by atoms with Crippen LogP contribution in [0.3, 0.4) is 0 Å². The zero-order chi connectivity index (χ0) is 17.3. The Balaban J connectivity index is 0.000000307. The van der Waals surface area contributed by atoms with E-state index < -0.39 is 0 Å². The molecule has 25 heavy (non-hydrogen) atoms. The summed E-state index contributed by atoms with van der Waals surface area (Å²) in [6, 6.07) is 17.4. The van der Waals surface area contributed by atoms with Gasteiger partial charge in [0, 0.05) is 0 Å². The third-order valence-corrected chi connectivity index (χ3v) is 2.68. The molecular weight excluding hydrogens is 387 g/mol. The van der Waals surface area contributed by atoms with Crippen LogP contribution in [0.1, 0.15) is 12.8 Å². The molecule has 0 saturated heterocycles. The quantitative estimate of drug-likeness (QED) is 0.573. The molecular formula is C22H22O2Zr. The van der Waals surface area contributed by atoms with Crippen molar-refractivity contribution in [3.8, 4) is 11.5 Å². The van der Waals surface area contributed by atoms with E-state index in [1.165, 1.54) is 0 Å². The van der Waals surface area contributed by atoms with E-state index in [9.17, 15) is 0 Å². The van der Waals surface area contributed by atoms with Crippen molar-refractivity contribution in [1.29, 1.82) is 0 Å². The molecule has 0 atom stereocenters. The average Bonchev–Trinajstić information content (AvgIpc) is 3.36. The number of allylic oxidation sites excluding steroid dienone is 8. The molecule has 2 aliphatic rings. The van der Waals surface area contributed by atoms with Gasteiger partial charge in [0.05, 0.1) is 0 Å². The number of phenolic OH excluding ortho intramolecular Hbond substituents is 2. The number of rotatable bonds is 0. The molecule has 2 nitrogen and oxygen atoms in total. The number of aromatic hydroxyl groups is 2. The summed E-state index contributed by atoms with van der Waals surface area (Å²) in [7, 11) is 0. The molecule has 2 aromatic carbocycles. The number of hydrogen-bond acceptors (Lipinski definition) is 2. The van der Waals surface area contributed by atoms with Gasteiger partial charge in [0.25, 0.3) is 0 Å². The Kier molecular flexibility index (Phi) is 15.3. The molecule has 0 heterocycles. The molecule has 126 valence electrons. The second kappa shape index (κ2) is 16.7. The van der Waals surface area contributed by atoms with E-state index in [4.69, 9.17) is 10.2 Å². The third kappa shape index (κ3) is 15.2. The molecule has 0 spiro atoms. The molecule has 0 aromatic heterocycles. The number of benzene rings is 2. The fraction of sp³-hybridized carbons (Fsp3) is 0.0909. The van der Waals surface area contributed by atoms with Crippen molar-refractivity contribution in [3.63, 3.8) is 0 Å². The molecule has 3 heteroatoms. The largest absolute Gasteiger partial charge is 2.00 e. The Morgan fingerprint density at radius 2 is 0.960 bits per heavy atom. The number of para-hydroxylation sites is 2. The van der Waals surface area contributed by atoms with Gasteiger partial charge in [-0.3, -0.25) is 12.2 Å². The van der Waals surface area contributed by atoms with Crippen LogP contribution in [0.25, 0.3) is 0 Å². The van der Waals surface area contributed by atoms with E-state index in [0.29, 0.717) is 11.5 Å². The van der Waals surface area contributed by atoms with Crippen molar-refractivity contribution in [1.82, 2.24) is 0 Å². The average molecular weight is 410 g/mol. The molecule has 0 unspecified atom stereocenters. The van der Waals surface area contributed by atoms with Crippen LogP contribution in [0, 0.1) is 12.2 Å². The maximum absolute atomic E-state index is 8.63. The molecule has 2 aliphatic carbocycles. The van der Waals surface area contributed by atoms with E-state index in [1.54, 1.807) is 48.5 Å². The van der Waals surface area contributed by atoms with Gasteiger partial charge in [-0.15, -0.1) is 12.8 Å². The van der Waals surface area contributed by atoms with Gasteiger partial charge in [0.2, 0.25) is 0 Å². The molecule has 2 N–H and O–H groups in total. The summed E-state index contributed by atoms with van der Waals surface area (Å²) in [6.07, 6.45) is 20.0. The molecule has 4 rings (SSSR count). The van der Waals surface area contributed by atoms with Crippen molar-refractivity contribution < 1.29 is 36.4 Å². The molecule has 2 aromatic rings. The fourth-order valence-corrected chi connectivity index (χ4v) is 1.54. The second-order valence-electron chi connectivity index (χ2n) is 4.68. The summed E-state index contributed by atoms with van der Waals surface area (Å²) in [5, 5.41) is 17.3. The van der Waals surface area contributed by atoms with Gasteiger partial charge in [-0.05, 0) is 24.3 Å². The Morgan fingerprint density at radius 3 is 1.08 bits per heavy atom. The van der Waals surface area contributed by atoms with Crippen molar-refractivity contribution in [3.05, 3.63) is 109 Å². The first-order valence-electron chi connectivity index (χ1n) is 7.70. The van der Waals surface area contributed by atoms with Gasteiger partial charge in [-0.2, -0.15) is 12.2 Å². The van der Waals surface area contributed by atoms with E-state index in [0.717, 1.165) is 12.8 Å². The summed E-state index contributed by atoms with van der Waals surface area (Å²) in [5.74, 6) is 0.644. The summed E-state index contributed by atoms with van der Waals surface area (Å²) >= 11 is 0. The van der Waals surface area contributed by atoms with Gasteiger partial charge in [0.15, 0.2) is 0 Å². The van der Waals surface area contributed by atoms with Crippen molar-refractivity contribution >= 4 is 0 Å². The van der Waals surface area contributed by atoms with Gasteiger partial charge >= 0.3 is 26.2 Å². The van der Waals surface area contributed by atoms with Crippen molar-refractivity contribution in [2.24, 2.45) is 0 Å². The standard InChI is InChI=1S/2C6H6O.2C5H5.Zr/c2*7-6-4-2-1-3-5-6;2*1-2-4-5-3-1;/h2*1-5,7H;2*1-3H,4H2;/q;;2*-1;+2. The second-order valence-corrected chi connectivity index (χ2v) is 4.68. The van der Waals surface area contributed by atoms with E-state index in [2.05, 4.69) is 24.3 Å². The predicted molar refractivity (Wildman–Crippen MR) is 99.4 cm³/mol. The topological polar surface area (TPSA) is 40.5 Å². The monoisotopic (exact) mass is 408 g/mol. The molecule has 0 amide bonds. The third-order valence-electron chi connectivity index (χ3n) is 2.68. The maximum atomic E-state index is 8.63. The predicted octanol–water partition coefficient (Wildman–Crippen LogP) is 5.39. The van der Waals surface area contributed by atoms with Crippen LogP contribution in [0.5, 0.6) is 11.5 Å². The van der Waals surface area contributed by atoms with Gasteiger partial charge in [-0.1, -0.05) is 36.4 Å². The molecule has 0 saturated carbocycles. The van der Waals surface area contributed by atoms with Gasteiger partial charge < -0.3 is 10.2 Å². The number of hydrogen-bond donors (Lipinski definition) is 2. The van der Waals surface area contributed by atoms with Gasteiger partial charge in [-0.25, -0.2) is 24.3 Å². The van der Waals surface area contributed by atoms with Crippen LogP contribution in [-0.4, -0.2) is 10.2 Å². The summed E-state index contributed by atoms with van der Waals surface area (Å²) in [5.41, 5.74) is 0. The summed E-state index contributed by atoms with van der Waals surface area (Å²) in [4.78, 5) is 0. The molecule has 0 radical (unpaired) electrons. The molecule has 0 aliphatic heterocycles. The minimum absolute atomic E-state index is 0. The molecule has 0 bridgehead atoms. The van der Waals surface area contributed by atoms with Crippen LogP contribution >= 0.6 is 0 Å². The van der Waals surface area contributed by atoms with Crippen LogP contribution < -0.4 is 0 Å². The smallest absolute Gasteiger partial charge is 0.508 e. The zero-order valence-corrected chi connectivity index (χ0v) is 16.5. The normalized spacial score (nSPS) is 11.8. The van der Waals surface area contributed by atoms with E-state index >= 15 is 0 Å². The Morgan fingerprint density at radius 1 is 0.600 bits per heavy atom. The maximum Gasteiger partial charge on any atom is 2.00 e. The first-order valence-corrected chi connectivity index (χ1v) is 7.70. The minimum Gasteiger partial charge on any atom is -0.508 e. The first kappa shape index (κ1) is 22.9. The van der Waals surface area contributed by atoms with Crippen LogP contribution in [0.15, 0.2) is 97.1 Å². The van der Waals surface area contributed by atoms with Gasteiger partial charge in [0.1, 0.15) is 11.5 Å². The first-order chi connectivity index (χ1) is 11.8. The molecule has 0 fully saturated rings. The minimum atomic E-state index is 0. The fourth-order valence-electron chi connectivity index (χ4n) is 1.54. The summed E-state index contributed by atoms with van der Waals surface area (Å²) < 4.78 is 0. The zero-order valence-electron chi connectivity index (χ0n) is 14.0. The van der Waals surface area contributed by atoms with Crippen LogP contribution in [0.4, 0.5) is 0 Å². The Bertz CT molecular complexity index is 565. The Labute approximate surface area is 169 Å². The van der Waals surface area contributed by atoms with E-state index in [-0.39, 0.29) is 26.2 Å². The van der Waals surface area contributed by atoms with Crippen molar-refractivity contribution in [2.45, 2.75) is 12.8 Å².